The number of hydrogen-bond donors (Lipinski definition) is 13. The Kier molecular flexibility index (Phi) is 16.5. The Morgan fingerprint density at radius 2 is 1.10 bits per heavy atom. The number of nitrogen functional groups attached to an aromatic ring is 3. The predicted molar refractivity (Wildman–Crippen MR) is 251 cm³/mol. The van der Waals surface area contributed by atoms with Crippen molar-refractivity contribution in [3.63, 3.8) is 0 Å². The summed E-state index contributed by atoms with van der Waals surface area (Å²) in [6.07, 6.45) is -22.0. The maximum absolute atomic E-state index is 13.7. The third-order valence-electron chi connectivity index (χ3n) is 12.2. The lowest BCUT2D eigenvalue weighted by atomic mass is 9.99. The molecule has 3 aliphatic heterocycles. The van der Waals surface area contributed by atoms with Crippen molar-refractivity contribution >= 4 is 82.6 Å². The first kappa shape index (κ1) is 60.0. The standard InChI is InChI=1S/C34H44F3N15O25P4/c1-49-9-52(24-16(49)27(58)48-33(40)45-24)28-17(53)10(3-68-34(35,36)37)11(72-28)4-70-79(61,62)76-81(65,66)77-80(63,64)71-6-13-20(21(67-2)30(74-13)51-8-42-15-23(51)44-32(39)47-26(15)57)75-78(59,60)69-5-12-18(54)19(55)29(73-12)50-7-41-14-22(50)43-31(38)46-25(14)56/h7-13,17-21,28-30,53-55H,3-6H2,1-2H3,(H12-,38,39,40,43,44,45,46,47,48,56,57,58,59,60,61,62,63,64,65,66)/p+1/t10-,11-,12-,13?,17-,18-,19-,20-,21-,28?,29-,30-/m1/s1. The smallest absolute Gasteiger partial charge is 0.387 e. The molecule has 40 nitrogen and oxygen atoms in total. The molecule has 9 rings (SSSR count). The molecule has 9 heterocycles. The first-order valence-corrected chi connectivity index (χ1v) is 28.5. The summed E-state index contributed by atoms with van der Waals surface area (Å²) in [5.41, 5.74) is 13.2. The molecule has 16 N–H and O–H groups in total. The van der Waals surface area contributed by atoms with E-state index < -0.39 is 166 Å². The summed E-state index contributed by atoms with van der Waals surface area (Å²) >= 11 is 0. The number of methoxy groups -OCH3 is 1. The van der Waals surface area contributed by atoms with Crippen LogP contribution >= 0.6 is 31.3 Å². The first-order chi connectivity index (χ1) is 37.7. The maximum Gasteiger partial charge on any atom is 0.522 e. The van der Waals surface area contributed by atoms with Gasteiger partial charge in [0.15, 0.2) is 34.8 Å². The van der Waals surface area contributed by atoms with Crippen molar-refractivity contribution in [2.75, 3.05) is 50.7 Å². The lowest BCUT2D eigenvalue weighted by molar-refractivity contribution is -0.646. The summed E-state index contributed by atoms with van der Waals surface area (Å²) in [6, 6.07) is 0. The van der Waals surface area contributed by atoms with Crippen LogP contribution in [0.25, 0.3) is 33.5 Å². The van der Waals surface area contributed by atoms with E-state index in [4.69, 9.17) is 54.2 Å². The van der Waals surface area contributed by atoms with Crippen LogP contribution < -0.4 is 38.4 Å². The van der Waals surface area contributed by atoms with Crippen LogP contribution in [-0.2, 0) is 75.7 Å². The van der Waals surface area contributed by atoms with Gasteiger partial charge in [-0.3, -0.25) is 61.3 Å². The van der Waals surface area contributed by atoms with Crippen LogP contribution in [0.2, 0.25) is 0 Å². The van der Waals surface area contributed by atoms with Gasteiger partial charge in [0, 0.05) is 13.0 Å². The van der Waals surface area contributed by atoms with Crippen LogP contribution in [0.5, 0.6) is 0 Å². The number of H-pyrrole nitrogens is 3. The fourth-order valence-electron chi connectivity index (χ4n) is 8.85. The minimum atomic E-state index is -6.38. The summed E-state index contributed by atoms with van der Waals surface area (Å²) in [4.78, 5) is 107. The number of rotatable bonds is 21. The number of anilines is 3. The Labute approximate surface area is 444 Å². The fourth-order valence-corrected chi connectivity index (χ4v) is 13.3. The number of aromatic nitrogens is 12. The zero-order valence-corrected chi connectivity index (χ0v) is 44.2. The van der Waals surface area contributed by atoms with Crippen LogP contribution in [0.3, 0.4) is 0 Å². The van der Waals surface area contributed by atoms with Gasteiger partial charge in [0.25, 0.3) is 22.3 Å². The SMILES string of the molecule is CO[C@@H]1[C@H](OP(=O)(O)OC[C@H]2O[C@@H](n3cnc4c(=O)[nH]c(N)nc43)[C@H](O)[C@@H]2O)C(COP(=O)(O)OP(=O)(O)OP(=O)(O)OC[C@H]2OC(n3c[n+](C)c4c(=O)[nH]c(N)nc43)[C@H](O)[C@@H]2COC(F)(F)F)O[C@H]1n1cnc2c(=O)[nH]c(N)nc21. The molecular weight excluding hydrogens is 1200 g/mol. The van der Waals surface area contributed by atoms with Crippen molar-refractivity contribution < 1.29 is 121 Å². The number of imidazole rings is 3. The van der Waals surface area contributed by atoms with Crippen molar-refractivity contribution in [2.24, 2.45) is 13.0 Å². The van der Waals surface area contributed by atoms with Gasteiger partial charge in [-0.15, -0.1) is 13.2 Å². The molecule has 0 bridgehead atoms. The van der Waals surface area contributed by atoms with E-state index in [2.05, 4.69) is 53.2 Å². The minimum absolute atomic E-state index is 0.154. The monoisotopic (exact) mass is 1240 g/mol. The third-order valence-corrected chi connectivity index (χ3v) is 17.5. The summed E-state index contributed by atoms with van der Waals surface area (Å²) in [7, 11) is -21.8. The quantitative estimate of drug-likeness (QED) is 0.0244. The highest BCUT2D eigenvalue weighted by Gasteiger charge is 2.54. The molecule has 0 spiro atoms. The lowest BCUT2D eigenvalue weighted by Gasteiger charge is -2.26. The Hall–Kier alpha value is -5.56. The zero-order valence-electron chi connectivity index (χ0n) is 40.6. The van der Waals surface area contributed by atoms with E-state index in [9.17, 15) is 80.7 Å². The molecule has 446 valence electrons. The average molecular weight is 1240 g/mol. The van der Waals surface area contributed by atoms with Crippen molar-refractivity contribution in [3.05, 3.63) is 50.0 Å². The largest absolute Gasteiger partial charge is 0.522 e. The van der Waals surface area contributed by atoms with E-state index in [1.165, 1.54) is 11.6 Å². The van der Waals surface area contributed by atoms with Gasteiger partial charge >= 0.3 is 43.2 Å². The van der Waals surface area contributed by atoms with Gasteiger partial charge < -0.3 is 71.0 Å². The topological polar surface area (TPSA) is 571 Å². The van der Waals surface area contributed by atoms with E-state index in [1.54, 1.807) is 0 Å². The molecule has 6 aromatic heterocycles. The van der Waals surface area contributed by atoms with Gasteiger partial charge in [-0.2, -0.15) is 28.1 Å². The lowest BCUT2D eigenvalue weighted by Crippen LogP contribution is -2.38. The molecular formula is C34H45F3N15O25P4+. The zero-order chi connectivity index (χ0) is 59.1. The highest BCUT2D eigenvalue weighted by molar-refractivity contribution is 7.66. The molecule has 6 aromatic rings. The van der Waals surface area contributed by atoms with Gasteiger partial charge in [0.1, 0.15) is 42.7 Å². The van der Waals surface area contributed by atoms with Gasteiger partial charge in [0.2, 0.25) is 30.4 Å². The summed E-state index contributed by atoms with van der Waals surface area (Å²) < 4.78 is 152. The number of fused-ring (bicyclic) bond motifs is 3. The number of alkyl halides is 3. The van der Waals surface area contributed by atoms with Crippen LogP contribution in [0.4, 0.5) is 31.0 Å². The molecule has 47 heteroatoms. The number of aliphatic hydroxyl groups excluding tert-OH is 3. The second kappa shape index (κ2) is 22.2. The summed E-state index contributed by atoms with van der Waals surface area (Å²) in [5, 5.41) is 32.9. The molecule has 0 saturated carbocycles. The number of nitrogens with one attached hydrogen (secondary N) is 3. The normalized spacial score (nSPS) is 29.3. The molecule has 0 aromatic carbocycles. The van der Waals surface area contributed by atoms with E-state index in [-0.39, 0.29) is 39.4 Å². The van der Waals surface area contributed by atoms with Crippen LogP contribution in [0, 0.1) is 5.92 Å². The number of aryl methyl sites for hydroxylation is 1. The molecule has 6 unspecified atom stereocenters. The van der Waals surface area contributed by atoms with Crippen molar-refractivity contribution in [1.82, 2.24) is 53.6 Å². The number of nitrogens with two attached hydrogens (primary N) is 3. The fraction of sp³-hybridized carbons (Fsp3) is 0.559. The van der Waals surface area contributed by atoms with Crippen LogP contribution in [-0.4, -0.2) is 177 Å². The molecule has 81 heavy (non-hydrogen) atoms. The number of nitrogens with zero attached hydrogens (tertiary/aromatic N) is 9. The second-order valence-electron chi connectivity index (χ2n) is 17.6. The van der Waals surface area contributed by atoms with Gasteiger partial charge in [-0.1, -0.05) is 0 Å². The molecule has 3 aliphatic rings. The van der Waals surface area contributed by atoms with Crippen LogP contribution in [0.15, 0.2) is 33.4 Å². The van der Waals surface area contributed by atoms with Gasteiger partial charge in [-0.05, 0) is 0 Å². The number of phosphoric acid groups is 4. The summed E-state index contributed by atoms with van der Waals surface area (Å²) in [5.74, 6) is -3.02. The molecule has 3 saturated heterocycles. The van der Waals surface area contributed by atoms with Crippen LogP contribution in [0.1, 0.15) is 18.7 Å². The highest BCUT2D eigenvalue weighted by Crippen LogP contribution is 2.68. The number of hydrogen-bond acceptors (Lipinski definition) is 29. The minimum Gasteiger partial charge on any atom is -0.387 e. The number of phosphoric ester groups is 3. The first-order valence-electron chi connectivity index (χ1n) is 22.6. The Morgan fingerprint density at radius 1 is 0.630 bits per heavy atom. The molecule has 0 radical (unpaired) electrons. The number of halogens is 3. The van der Waals surface area contributed by atoms with E-state index in [0.717, 1.165) is 39.8 Å². The van der Waals surface area contributed by atoms with Crippen molar-refractivity contribution in [3.8, 4) is 0 Å². The van der Waals surface area contributed by atoms with E-state index in [1.807, 2.05) is 0 Å². The van der Waals surface area contributed by atoms with Crippen molar-refractivity contribution in [2.45, 2.75) is 73.9 Å². The van der Waals surface area contributed by atoms with Crippen molar-refractivity contribution in [1.29, 1.82) is 0 Å². The molecule has 0 aliphatic carbocycles. The number of aromatic amines is 3. The Bertz CT molecular complexity index is 3750. The molecule has 3 fully saturated rings. The molecule has 0 amide bonds. The third kappa shape index (κ3) is 12.7. The number of ether oxygens (including phenoxy) is 5. The van der Waals surface area contributed by atoms with Gasteiger partial charge in [-0.25, -0.2) is 32.8 Å². The Morgan fingerprint density at radius 3 is 1.65 bits per heavy atom. The second-order valence-corrected chi connectivity index (χ2v) is 23.6. The van der Waals surface area contributed by atoms with Gasteiger partial charge in [0.05, 0.1) is 52.2 Å². The highest BCUT2D eigenvalue weighted by atomic mass is 31.3. The Balaban J connectivity index is 0.885. The van der Waals surface area contributed by atoms with E-state index in [0.29, 0.717) is 0 Å². The summed E-state index contributed by atoms with van der Waals surface area (Å²) in [6.45, 7) is -5.19. The van der Waals surface area contributed by atoms with E-state index >= 15 is 0 Å². The maximum atomic E-state index is 13.7. The average Bonchev–Trinajstić information content (AvgIpc) is 4.41. The predicted octanol–water partition coefficient (Wildman–Crippen LogP) is -3.63. The molecule has 16 atom stereocenters. The number of aliphatic hydroxyl groups is 3.